The Morgan fingerprint density at radius 1 is 0.906 bits per heavy atom. The van der Waals surface area contributed by atoms with Crippen molar-refractivity contribution in [2.45, 2.75) is 45.1 Å². The third kappa shape index (κ3) is 3.65. The van der Waals surface area contributed by atoms with Gasteiger partial charge in [0.25, 0.3) is 5.91 Å². The molecule has 6 rings (SSSR count). The zero-order valence-electron chi connectivity index (χ0n) is 17.2. The average molecular weight is 455 g/mol. The molecule has 4 bridgehead atoms. The smallest absolute Gasteiger partial charge is 0.287 e. The number of nitrogens with one attached hydrogen (secondary N) is 1. The number of rotatable bonds is 6. The van der Waals surface area contributed by atoms with Crippen LogP contribution in [0.5, 0.6) is 5.75 Å². The molecule has 172 valence electrons. The van der Waals surface area contributed by atoms with Gasteiger partial charge in [-0.3, -0.25) is 4.79 Å². The summed E-state index contributed by atoms with van der Waals surface area (Å²) in [6, 6.07) is 2.73. The third-order valence-corrected chi connectivity index (χ3v) is 7.20. The second-order valence-electron chi connectivity index (χ2n) is 9.55. The molecule has 0 radical (unpaired) electrons. The molecule has 2 aromatic rings. The highest BCUT2D eigenvalue weighted by atomic mass is 19.2. The van der Waals surface area contributed by atoms with E-state index >= 15 is 0 Å². The van der Waals surface area contributed by atoms with E-state index in [0.717, 1.165) is 37.0 Å². The fourth-order valence-electron chi connectivity index (χ4n) is 6.29. The summed E-state index contributed by atoms with van der Waals surface area (Å²) in [6.45, 7) is -0.0347. The Morgan fingerprint density at radius 3 is 2.00 bits per heavy atom. The molecule has 4 aliphatic rings. The van der Waals surface area contributed by atoms with Crippen LogP contribution in [0.4, 0.5) is 22.0 Å². The molecule has 32 heavy (non-hydrogen) atoms. The van der Waals surface area contributed by atoms with Crippen LogP contribution in [0.25, 0.3) is 0 Å². The van der Waals surface area contributed by atoms with Crippen molar-refractivity contribution in [2.24, 2.45) is 23.2 Å². The van der Waals surface area contributed by atoms with Crippen molar-refractivity contribution in [2.75, 3.05) is 6.54 Å². The Kier molecular flexibility index (Phi) is 5.17. The minimum absolute atomic E-state index is 0.00824. The summed E-state index contributed by atoms with van der Waals surface area (Å²) in [4.78, 5) is 12.6. The lowest BCUT2D eigenvalue weighted by Gasteiger charge is -2.56. The maximum atomic E-state index is 13.7. The van der Waals surface area contributed by atoms with Crippen molar-refractivity contribution >= 4 is 5.91 Å². The number of hydrogen-bond acceptors (Lipinski definition) is 3. The first-order valence-corrected chi connectivity index (χ1v) is 10.8. The summed E-state index contributed by atoms with van der Waals surface area (Å²) in [5.74, 6) is -10.1. The van der Waals surface area contributed by atoms with Gasteiger partial charge >= 0.3 is 0 Å². The summed E-state index contributed by atoms with van der Waals surface area (Å²) in [5, 5.41) is 2.95. The Hall–Kier alpha value is -2.58. The highest BCUT2D eigenvalue weighted by Gasteiger charge is 2.50. The van der Waals surface area contributed by atoms with Gasteiger partial charge in [-0.05, 0) is 73.8 Å². The van der Waals surface area contributed by atoms with Crippen molar-refractivity contribution < 1.29 is 35.9 Å². The molecule has 4 nitrogen and oxygen atoms in total. The van der Waals surface area contributed by atoms with Crippen LogP contribution in [-0.2, 0) is 6.61 Å². The van der Waals surface area contributed by atoms with Crippen LogP contribution in [0.15, 0.2) is 16.5 Å². The molecule has 1 aromatic heterocycles. The zero-order chi connectivity index (χ0) is 22.6. The SMILES string of the molecule is O=C(NCC12CC3CC(CC(C3)C1)C2)c1ccc(COc2c(F)c(F)c(F)c(F)c2F)o1. The maximum absolute atomic E-state index is 13.7. The Labute approximate surface area is 181 Å². The van der Waals surface area contributed by atoms with E-state index in [9.17, 15) is 26.7 Å². The lowest BCUT2D eigenvalue weighted by atomic mass is 9.49. The molecule has 4 saturated carbocycles. The topological polar surface area (TPSA) is 51.5 Å². The van der Waals surface area contributed by atoms with Gasteiger partial charge in [-0.1, -0.05) is 0 Å². The van der Waals surface area contributed by atoms with Gasteiger partial charge in [0.1, 0.15) is 12.4 Å². The summed E-state index contributed by atoms with van der Waals surface area (Å²) >= 11 is 0. The Bertz CT molecular complexity index is 1000. The molecule has 0 unspecified atom stereocenters. The molecule has 0 atom stereocenters. The van der Waals surface area contributed by atoms with Crippen molar-refractivity contribution in [3.8, 4) is 5.75 Å². The average Bonchev–Trinajstić information content (AvgIpc) is 3.23. The second kappa shape index (κ2) is 7.78. The lowest BCUT2D eigenvalue weighted by Crippen LogP contribution is -2.51. The van der Waals surface area contributed by atoms with Crippen LogP contribution < -0.4 is 10.1 Å². The van der Waals surface area contributed by atoms with Crippen LogP contribution in [0.3, 0.4) is 0 Å². The molecule has 4 aliphatic carbocycles. The second-order valence-corrected chi connectivity index (χ2v) is 9.55. The first-order valence-electron chi connectivity index (χ1n) is 10.8. The van der Waals surface area contributed by atoms with Crippen LogP contribution >= 0.6 is 0 Å². The fourth-order valence-corrected chi connectivity index (χ4v) is 6.29. The molecule has 0 saturated heterocycles. The molecule has 4 fully saturated rings. The fraction of sp³-hybridized carbons (Fsp3) is 0.522. The molecule has 1 heterocycles. The first-order chi connectivity index (χ1) is 15.2. The minimum Gasteiger partial charge on any atom is -0.479 e. The van der Waals surface area contributed by atoms with Crippen molar-refractivity contribution in [3.05, 3.63) is 52.7 Å². The van der Waals surface area contributed by atoms with Crippen molar-refractivity contribution in [1.82, 2.24) is 5.32 Å². The van der Waals surface area contributed by atoms with E-state index in [-0.39, 0.29) is 16.9 Å². The van der Waals surface area contributed by atoms with E-state index in [0.29, 0.717) is 6.54 Å². The number of hydrogen-bond donors (Lipinski definition) is 1. The largest absolute Gasteiger partial charge is 0.479 e. The van der Waals surface area contributed by atoms with Gasteiger partial charge < -0.3 is 14.5 Å². The predicted molar refractivity (Wildman–Crippen MR) is 102 cm³/mol. The highest BCUT2D eigenvalue weighted by molar-refractivity contribution is 5.91. The molecule has 1 aromatic carbocycles. The maximum Gasteiger partial charge on any atom is 0.287 e. The van der Waals surface area contributed by atoms with E-state index in [1.165, 1.54) is 31.4 Å². The number of ether oxygens (including phenoxy) is 1. The lowest BCUT2D eigenvalue weighted by molar-refractivity contribution is -0.0504. The monoisotopic (exact) mass is 455 g/mol. The highest BCUT2D eigenvalue weighted by Crippen LogP contribution is 2.59. The number of benzene rings is 1. The van der Waals surface area contributed by atoms with Gasteiger partial charge in [0.2, 0.25) is 29.1 Å². The van der Waals surface area contributed by atoms with Gasteiger partial charge in [0.05, 0.1) is 0 Å². The van der Waals surface area contributed by atoms with Crippen LogP contribution in [0, 0.1) is 52.3 Å². The minimum atomic E-state index is -2.26. The molecular weight excluding hydrogens is 433 g/mol. The zero-order valence-corrected chi connectivity index (χ0v) is 17.2. The summed E-state index contributed by atoms with van der Waals surface area (Å²) in [5.41, 5.74) is 0.148. The summed E-state index contributed by atoms with van der Waals surface area (Å²) in [7, 11) is 0. The summed E-state index contributed by atoms with van der Waals surface area (Å²) in [6.07, 6.45) is 7.32. The van der Waals surface area contributed by atoms with Gasteiger partial charge in [-0.15, -0.1) is 0 Å². The van der Waals surface area contributed by atoms with Gasteiger partial charge in [0.15, 0.2) is 11.5 Å². The quantitative estimate of drug-likeness (QED) is 0.356. The van der Waals surface area contributed by atoms with Crippen molar-refractivity contribution in [1.29, 1.82) is 0 Å². The number of carbonyl (C=O) groups excluding carboxylic acids is 1. The van der Waals surface area contributed by atoms with Crippen molar-refractivity contribution in [3.63, 3.8) is 0 Å². The predicted octanol–water partition coefficient (Wildman–Crippen LogP) is 5.50. The first kappa shape index (κ1) is 21.3. The normalized spacial score (nSPS) is 28.2. The van der Waals surface area contributed by atoms with E-state index in [1.807, 2.05) is 0 Å². The third-order valence-electron chi connectivity index (χ3n) is 7.20. The van der Waals surface area contributed by atoms with Gasteiger partial charge in [0, 0.05) is 6.54 Å². The molecule has 1 N–H and O–H groups in total. The molecule has 1 amide bonds. The number of furan rings is 1. The van der Waals surface area contributed by atoms with Crippen LogP contribution in [0.2, 0.25) is 0 Å². The number of amides is 1. The standard InChI is InChI=1S/C23H22F5NO3/c24-16-17(25)19(27)21(20(28)18(16)26)31-9-14-1-2-15(32-14)22(30)29-10-23-6-11-3-12(7-23)5-13(4-11)8-23/h1-2,11-13H,3-10H2,(H,29,30). The van der Waals surface area contributed by atoms with E-state index in [1.54, 1.807) is 0 Å². The van der Waals surface area contributed by atoms with Crippen LogP contribution in [-0.4, -0.2) is 12.5 Å². The Balaban J connectivity index is 1.21. The summed E-state index contributed by atoms with van der Waals surface area (Å²) < 4.78 is 77.2. The molecule has 0 aliphatic heterocycles. The Morgan fingerprint density at radius 2 is 1.44 bits per heavy atom. The number of carbonyl (C=O) groups is 1. The van der Waals surface area contributed by atoms with E-state index in [2.05, 4.69) is 5.32 Å². The molecule has 9 heteroatoms. The van der Waals surface area contributed by atoms with E-state index < -0.39 is 47.3 Å². The van der Waals surface area contributed by atoms with E-state index in [4.69, 9.17) is 9.15 Å². The van der Waals surface area contributed by atoms with Gasteiger partial charge in [-0.25, -0.2) is 13.2 Å². The molecule has 0 spiro atoms. The number of halogens is 5. The van der Waals surface area contributed by atoms with Gasteiger partial charge in [-0.2, -0.15) is 8.78 Å². The molecular formula is C23H22F5NO3. The van der Waals surface area contributed by atoms with Crippen LogP contribution in [0.1, 0.15) is 54.8 Å².